The fourth-order valence-corrected chi connectivity index (χ4v) is 3.12. The van der Waals surface area contributed by atoms with Gasteiger partial charge in [-0.05, 0) is 30.7 Å². The molecule has 0 amide bonds. The minimum absolute atomic E-state index is 0.286. The zero-order valence-corrected chi connectivity index (χ0v) is 10.8. The normalized spacial score (nSPS) is 9.94. The summed E-state index contributed by atoms with van der Waals surface area (Å²) >= 11 is 0. The predicted octanol–water partition coefficient (Wildman–Crippen LogP) is 2.22. The minimum Gasteiger partial charge on any atom is -0.497 e. The Labute approximate surface area is 96.6 Å². The second kappa shape index (κ2) is 6.39. The fraction of sp³-hybridized carbons (Fsp3) is 0.455. The maximum atomic E-state index is 11.7. The van der Waals surface area contributed by atoms with Gasteiger partial charge >= 0.3 is 5.59 Å². The molecule has 0 radical (unpaired) electrons. The Morgan fingerprint density at radius 3 is 2.75 bits per heavy atom. The Balaban J connectivity index is 2.90. The van der Waals surface area contributed by atoms with Crippen molar-refractivity contribution in [2.24, 2.45) is 0 Å². The van der Waals surface area contributed by atoms with Gasteiger partial charge in [0.25, 0.3) is 0 Å². The summed E-state index contributed by atoms with van der Waals surface area (Å²) in [4.78, 5) is 21.0. The van der Waals surface area contributed by atoms with E-state index >= 15 is 0 Å². The summed E-state index contributed by atoms with van der Waals surface area (Å²) in [6.07, 6.45) is 0.812. The smallest absolute Gasteiger partial charge is 0.333 e. The number of aryl methyl sites for hydroxylation is 1. The highest BCUT2D eigenvalue weighted by atomic mass is 28.2. The standard InChI is InChI=1S/C11H16O4Si/c1-4-10-8-9(13-3)6-7-16(10)11(12)15-14-5-2/h6-8H,4-5H2,1-3H3. The van der Waals surface area contributed by atoms with Gasteiger partial charge in [-0.15, -0.1) is 0 Å². The largest absolute Gasteiger partial charge is 0.497 e. The molecule has 88 valence electrons. The molecule has 0 aromatic carbocycles. The SMILES string of the molecule is CCOOC(=O)[si]1ccc(OC)cc1CC. The van der Waals surface area contributed by atoms with Gasteiger partial charge in [-0.3, -0.25) is 4.79 Å². The third kappa shape index (κ3) is 3.14. The van der Waals surface area contributed by atoms with Crippen LogP contribution in [-0.4, -0.2) is 27.7 Å². The van der Waals surface area contributed by atoms with E-state index < -0.39 is 8.40 Å². The summed E-state index contributed by atoms with van der Waals surface area (Å²) in [5.41, 5.74) is 1.58. The molecule has 1 rings (SSSR count). The van der Waals surface area contributed by atoms with Crippen LogP contribution in [0.5, 0.6) is 5.75 Å². The number of hydrogen-bond acceptors (Lipinski definition) is 4. The molecule has 0 saturated carbocycles. The lowest BCUT2D eigenvalue weighted by Gasteiger charge is -2.07. The third-order valence-electron chi connectivity index (χ3n) is 2.17. The Morgan fingerprint density at radius 1 is 1.44 bits per heavy atom. The Bertz CT molecular complexity index is 365. The van der Waals surface area contributed by atoms with Crippen LogP contribution in [0.15, 0.2) is 17.8 Å². The van der Waals surface area contributed by atoms with Crippen molar-refractivity contribution in [3.8, 4) is 5.75 Å². The number of carbonyl (C=O) groups excluding carboxylic acids is 1. The first kappa shape index (κ1) is 12.9. The number of carbonyl (C=O) groups is 1. The predicted molar refractivity (Wildman–Crippen MR) is 61.8 cm³/mol. The van der Waals surface area contributed by atoms with Crippen LogP contribution in [0.3, 0.4) is 0 Å². The molecule has 0 aliphatic rings. The van der Waals surface area contributed by atoms with Crippen molar-refractivity contribution in [1.82, 2.24) is 0 Å². The molecule has 0 aliphatic heterocycles. The lowest BCUT2D eigenvalue weighted by Crippen LogP contribution is -2.19. The van der Waals surface area contributed by atoms with E-state index in [9.17, 15) is 4.79 Å². The van der Waals surface area contributed by atoms with Gasteiger partial charge in [0.15, 0.2) is 8.40 Å². The summed E-state index contributed by atoms with van der Waals surface area (Å²) in [7, 11) is 0.175. The van der Waals surface area contributed by atoms with E-state index in [1.165, 1.54) is 0 Å². The van der Waals surface area contributed by atoms with E-state index in [0.717, 1.165) is 17.3 Å². The van der Waals surface area contributed by atoms with Crippen LogP contribution >= 0.6 is 0 Å². The minimum atomic E-state index is -1.44. The highest BCUT2D eigenvalue weighted by Crippen LogP contribution is 2.13. The van der Waals surface area contributed by atoms with Gasteiger partial charge in [0.2, 0.25) is 0 Å². The Kier molecular flexibility index (Phi) is 5.14. The second-order valence-corrected chi connectivity index (χ2v) is 5.37. The van der Waals surface area contributed by atoms with Gasteiger partial charge in [-0.1, -0.05) is 12.6 Å². The van der Waals surface area contributed by atoms with Crippen molar-refractivity contribution < 1.29 is 19.3 Å². The molecule has 0 spiro atoms. The maximum absolute atomic E-state index is 11.7. The molecule has 4 nitrogen and oxygen atoms in total. The Hall–Kier alpha value is -1.20. The lowest BCUT2D eigenvalue weighted by molar-refractivity contribution is -0.226. The first-order chi connectivity index (χ1) is 7.72. The third-order valence-corrected chi connectivity index (χ3v) is 4.38. The van der Waals surface area contributed by atoms with Crippen LogP contribution in [-0.2, 0) is 16.2 Å². The average Bonchev–Trinajstić information content (AvgIpc) is 2.34. The van der Waals surface area contributed by atoms with Crippen molar-refractivity contribution in [1.29, 1.82) is 0 Å². The number of methoxy groups -OCH3 is 1. The van der Waals surface area contributed by atoms with E-state index in [1.54, 1.807) is 20.1 Å². The molecule has 0 fully saturated rings. The van der Waals surface area contributed by atoms with Gasteiger partial charge in [0.05, 0.1) is 13.7 Å². The topological polar surface area (TPSA) is 44.8 Å². The molecular formula is C11H16O4Si. The summed E-state index contributed by atoms with van der Waals surface area (Å²) in [5, 5.41) is 1.06. The quantitative estimate of drug-likeness (QED) is 0.450. The zero-order chi connectivity index (χ0) is 12.0. The second-order valence-electron chi connectivity index (χ2n) is 3.15. The molecule has 0 unspecified atom stereocenters. The van der Waals surface area contributed by atoms with Gasteiger partial charge in [-0.25, -0.2) is 0 Å². The van der Waals surface area contributed by atoms with Gasteiger partial charge in [0, 0.05) is 0 Å². The molecule has 5 heteroatoms. The molecule has 0 aliphatic carbocycles. The summed E-state index contributed by atoms with van der Waals surface area (Å²) in [6.45, 7) is 4.15. The molecule has 0 N–H and O–H groups in total. The Morgan fingerprint density at radius 2 is 2.19 bits per heavy atom. The average molecular weight is 240 g/mol. The molecular weight excluding hydrogens is 224 g/mol. The summed E-state index contributed by atoms with van der Waals surface area (Å²) < 4.78 is 5.12. The van der Waals surface area contributed by atoms with Gasteiger partial charge in [0.1, 0.15) is 5.75 Å². The number of hydrogen-bond donors (Lipinski definition) is 0. The first-order valence-electron chi connectivity index (χ1n) is 5.23. The molecule has 1 aromatic heterocycles. The van der Waals surface area contributed by atoms with Crippen LogP contribution in [0.25, 0.3) is 0 Å². The van der Waals surface area contributed by atoms with Gasteiger partial charge < -0.3 is 9.62 Å². The number of rotatable bonds is 5. The highest BCUT2D eigenvalue weighted by Gasteiger charge is 2.14. The van der Waals surface area contributed by atoms with E-state index in [1.807, 2.05) is 18.7 Å². The van der Waals surface area contributed by atoms with E-state index in [4.69, 9.17) is 9.62 Å². The lowest BCUT2D eigenvalue weighted by atomic mass is 10.3. The van der Waals surface area contributed by atoms with Crippen molar-refractivity contribution in [3.05, 3.63) is 23.0 Å². The molecule has 0 atom stereocenters. The molecule has 0 bridgehead atoms. The van der Waals surface area contributed by atoms with Crippen LogP contribution in [0.4, 0.5) is 4.79 Å². The van der Waals surface area contributed by atoms with Crippen molar-refractivity contribution >= 4 is 14.0 Å². The maximum Gasteiger partial charge on any atom is 0.333 e. The van der Waals surface area contributed by atoms with E-state index in [-0.39, 0.29) is 5.59 Å². The zero-order valence-electron chi connectivity index (χ0n) is 9.78. The first-order valence-corrected chi connectivity index (χ1v) is 6.81. The highest BCUT2D eigenvalue weighted by molar-refractivity contribution is 6.83. The molecule has 16 heavy (non-hydrogen) atoms. The fourth-order valence-electron chi connectivity index (χ4n) is 1.35. The van der Waals surface area contributed by atoms with E-state index in [0.29, 0.717) is 6.61 Å². The van der Waals surface area contributed by atoms with Crippen LogP contribution in [0, 0.1) is 0 Å². The van der Waals surface area contributed by atoms with Crippen LogP contribution in [0.2, 0.25) is 0 Å². The molecule has 0 saturated heterocycles. The van der Waals surface area contributed by atoms with Crippen molar-refractivity contribution in [2.45, 2.75) is 20.3 Å². The summed E-state index contributed by atoms with van der Waals surface area (Å²) in [6, 6.07) is 3.71. The number of ether oxygens (including phenoxy) is 1. The monoisotopic (exact) mass is 240 g/mol. The summed E-state index contributed by atoms with van der Waals surface area (Å²) in [5.74, 6) is 0.773. The van der Waals surface area contributed by atoms with Crippen LogP contribution in [0.1, 0.15) is 19.0 Å². The molecule has 1 heterocycles. The van der Waals surface area contributed by atoms with Crippen LogP contribution < -0.4 is 4.74 Å². The van der Waals surface area contributed by atoms with Crippen molar-refractivity contribution in [2.75, 3.05) is 13.7 Å². The van der Waals surface area contributed by atoms with Gasteiger partial charge in [-0.2, -0.15) is 4.89 Å². The molecule has 1 aromatic rings. The van der Waals surface area contributed by atoms with Crippen molar-refractivity contribution in [3.63, 3.8) is 0 Å². The van der Waals surface area contributed by atoms with E-state index in [2.05, 4.69) is 4.89 Å².